The molecule has 0 N–H and O–H groups in total. The highest BCUT2D eigenvalue weighted by Gasteiger charge is 2.45. The molecule has 0 amide bonds. The van der Waals surface area contributed by atoms with Crippen molar-refractivity contribution in [2.45, 2.75) is 155 Å². The Morgan fingerprint density at radius 3 is 1.51 bits per heavy atom. The van der Waals surface area contributed by atoms with E-state index in [4.69, 9.17) is 14.2 Å². The molecule has 0 aliphatic heterocycles. The molecule has 2 atom stereocenters. The Labute approximate surface area is 248 Å². The lowest BCUT2D eigenvalue weighted by molar-refractivity contribution is -0.161. The van der Waals surface area contributed by atoms with Crippen LogP contribution in [0.3, 0.4) is 0 Å². The predicted octanol–water partition coefficient (Wildman–Crippen LogP) is 9.10. The molecule has 230 valence electrons. The summed E-state index contributed by atoms with van der Waals surface area (Å²) in [5.41, 5.74) is -1.95. The Bertz CT molecular complexity index is 665. The Morgan fingerprint density at radius 1 is 0.667 bits per heavy atom. The topological polar surface area (TPSA) is 78.9 Å². The van der Waals surface area contributed by atoms with Crippen molar-refractivity contribution >= 4 is 33.8 Å². The highest BCUT2D eigenvalue weighted by molar-refractivity contribution is 9.10. The zero-order valence-electron chi connectivity index (χ0n) is 26.0. The highest BCUT2D eigenvalue weighted by atomic mass is 79.9. The number of hydrogen-bond donors (Lipinski definition) is 0. The van der Waals surface area contributed by atoms with Gasteiger partial charge in [0.05, 0.1) is 31.2 Å². The molecule has 0 saturated carbocycles. The summed E-state index contributed by atoms with van der Waals surface area (Å²) in [6, 6.07) is 0. The summed E-state index contributed by atoms with van der Waals surface area (Å²) in [5.74, 6) is -1.23. The van der Waals surface area contributed by atoms with Gasteiger partial charge in [0, 0.05) is 0 Å². The average Bonchev–Trinajstić information content (AvgIpc) is 2.89. The van der Waals surface area contributed by atoms with Crippen molar-refractivity contribution in [1.29, 1.82) is 0 Å². The lowest BCUT2D eigenvalue weighted by atomic mass is 9.71. The van der Waals surface area contributed by atoms with Crippen LogP contribution in [0.5, 0.6) is 0 Å². The molecule has 0 rings (SSSR count). The van der Waals surface area contributed by atoms with Gasteiger partial charge in [-0.2, -0.15) is 0 Å². The quantitative estimate of drug-likeness (QED) is 0.0439. The molecule has 6 nitrogen and oxygen atoms in total. The molecule has 7 heteroatoms. The first-order chi connectivity index (χ1) is 18.5. The van der Waals surface area contributed by atoms with Gasteiger partial charge in [-0.05, 0) is 47.0 Å². The number of unbranched alkanes of at least 4 members (excludes halogenated alkanes) is 15. The normalized spacial score (nSPS) is 13.9. The van der Waals surface area contributed by atoms with Gasteiger partial charge in [0.25, 0.3) is 0 Å². The van der Waals surface area contributed by atoms with Crippen molar-refractivity contribution in [3.05, 3.63) is 0 Å². The maximum atomic E-state index is 12.6. The first kappa shape index (κ1) is 37.9. The van der Waals surface area contributed by atoms with Crippen molar-refractivity contribution in [3.63, 3.8) is 0 Å². The number of methoxy groups -OCH3 is 1. The number of halogens is 1. The van der Waals surface area contributed by atoms with Gasteiger partial charge in [-0.3, -0.25) is 14.4 Å². The Morgan fingerprint density at radius 2 is 1.10 bits per heavy atom. The van der Waals surface area contributed by atoms with Crippen LogP contribution in [0, 0.1) is 10.8 Å². The van der Waals surface area contributed by atoms with Gasteiger partial charge >= 0.3 is 17.9 Å². The molecule has 0 aromatic heterocycles. The Balaban J connectivity index is 4.07. The van der Waals surface area contributed by atoms with E-state index < -0.39 is 21.6 Å². The number of esters is 3. The van der Waals surface area contributed by atoms with Crippen LogP contribution in [0.4, 0.5) is 0 Å². The molecular weight excluding hydrogens is 560 g/mol. The van der Waals surface area contributed by atoms with Crippen LogP contribution in [0.2, 0.25) is 0 Å². The van der Waals surface area contributed by atoms with Crippen LogP contribution in [0.15, 0.2) is 0 Å². The molecule has 0 heterocycles. The second-order valence-corrected chi connectivity index (χ2v) is 13.1. The van der Waals surface area contributed by atoms with E-state index in [0.717, 1.165) is 19.3 Å². The number of carbonyl (C=O) groups excluding carboxylic acids is 3. The summed E-state index contributed by atoms with van der Waals surface area (Å²) in [6.07, 6.45) is 21.1. The first-order valence-electron chi connectivity index (χ1n) is 15.6. The fraction of sp³-hybridized carbons (Fsp3) is 0.906. The van der Waals surface area contributed by atoms with Crippen molar-refractivity contribution in [2.24, 2.45) is 10.8 Å². The summed E-state index contributed by atoms with van der Waals surface area (Å²) in [7, 11) is 1.32. The minimum Gasteiger partial charge on any atom is -0.469 e. The molecule has 39 heavy (non-hydrogen) atoms. The smallest absolute Gasteiger partial charge is 0.319 e. The summed E-state index contributed by atoms with van der Waals surface area (Å²) in [5, 5.41) is 0. The lowest BCUT2D eigenvalue weighted by Gasteiger charge is -2.34. The van der Waals surface area contributed by atoms with E-state index in [-0.39, 0.29) is 31.4 Å². The van der Waals surface area contributed by atoms with E-state index in [1.54, 1.807) is 27.7 Å². The molecule has 0 bridgehead atoms. The number of rotatable bonds is 25. The molecule has 0 saturated heterocycles. The van der Waals surface area contributed by atoms with Crippen LogP contribution in [-0.2, 0) is 28.6 Å². The largest absolute Gasteiger partial charge is 0.469 e. The number of carbonyl (C=O) groups is 3. The third kappa shape index (κ3) is 18.0. The second-order valence-electron chi connectivity index (χ2n) is 12.0. The Hall–Kier alpha value is -1.11. The van der Waals surface area contributed by atoms with Crippen LogP contribution >= 0.6 is 15.9 Å². The van der Waals surface area contributed by atoms with Crippen molar-refractivity contribution in [2.75, 3.05) is 20.3 Å². The van der Waals surface area contributed by atoms with Crippen LogP contribution in [0.1, 0.15) is 150 Å². The summed E-state index contributed by atoms with van der Waals surface area (Å²) in [4.78, 5) is 36.9. The number of alkyl halides is 1. The maximum Gasteiger partial charge on any atom is 0.319 e. The number of hydrogen-bond acceptors (Lipinski definition) is 6. The van der Waals surface area contributed by atoms with Crippen LogP contribution < -0.4 is 0 Å². The Kier molecular flexibility index (Phi) is 21.9. The van der Waals surface area contributed by atoms with Crippen molar-refractivity contribution in [1.82, 2.24) is 0 Å². The molecule has 0 aromatic carbocycles. The SMILES string of the molecule is CCCCCCCCCCCCCCCCCCOC(=O)[C@@H](Br)C[C@@](C)(CC(C)(C)C(=O)OCC)C(=O)OC. The number of ether oxygens (including phenoxy) is 3. The van der Waals surface area contributed by atoms with Gasteiger partial charge in [-0.1, -0.05) is 119 Å². The molecule has 0 fully saturated rings. The monoisotopic (exact) mass is 618 g/mol. The minimum absolute atomic E-state index is 0.167. The molecular formula is C32H59BrO6. The molecule has 0 radical (unpaired) electrons. The summed E-state index contributed by atoms with van der Waals surface area (Å²) < 4.78 is 15.7. The predicted molar refractivity (Wildman–Crippen MR) is 163 cm³/mol. The molecule has 0 spiro atoms. The maximum absolute atomic E-state index is 12.6. The molecule has 0 aliphatic carbocycles. The third-order valence-electron chi connectivity index (χ3n) is 7.47. The van der Waals surface area contributed by atoms with Gasteiger partial charge in [0.15, 0.2) is 0 Å². The molecule has 0 aromatic rings. The van der Waals surface area contributed by atoms with E-state index in [9.17, 15) is 14.4 Å². The summed E-state index contributed by atoms with van der Waals surface area (Å²) in [6.45, 7) is 9.86. The fourth-order valence-corrected chi connectivity index (χ4v) is 6.09. The zero-order valence-corrected chi connectivity index (χ0v) is 27.6. The summed E-state index contributed by atoms with van der Waals surface area (Å²) >= 11 is 3.40. The molecule has 0 unspecified atom stereocenters. The fourth-order valence-electron chi connectivity index (χ4n) is 5.24. The third-order valence-corrected chi connectivity index (χ3v) is 8.16. The van der Waals surface area contributed by atoms with E-state index in [0.29, 0.717) is 6.61 Å². The molecule has 0 aliphatic rings. The average molecular weight is 620 g/mol. The van der Waals surface area contributed by atoms with E-state index >= 15 is 0 Å². The standard InChI is InChI=1S/C32H59BrO6/c1-7-9-10-11-12-13-14-15-16-17-18-19-20-21-22-23-24-39-28(34)27(33)25-32(5,30(36)37-6)26-31(3,4)29(35)38-8-2/h27H,7-26H2,1-6H3/t27-,32-/m0/s1. The van der Waals surface area contributed by atoms with Gasteiger partial charge in [-0.15, -0.1) is 0 Å². The van der Waals surface area contributed by atoms with Crippen molar-refractivity contribution < 1.29 is 28.6 Å². The van der Waals surface area contributed by atoms with Gasteiger partial charge in [0.2, 0.25) is 0 Å². The van der Waals surface area contributed by atoms with Crippen molar-refractivity contribution in [3.8, 4) is 0 Å². The first-order valence-corrected chi connectivity index (χ1v) is 16.5. The minimum atomic E-state index is -1.05. The van der Waals surface area contributed by atoms with Gasteiger partial charge < -0.3 is 14.2 Å². The van der Waals surface area contributed by atoms with Crippen LogP contribution in [-0.4, -0.2) is 43.1 Å². The second kappa shape index (κ2) is 22.6. The van der Waals surface area contributed by atoms with E-state index in [1.807, 2.05) is 0 Å². The van der Waals surface area contributed by atoms with E-state index in [2.05, 4.69) is 22.9 Å². The van der Waals surface area contributed by atoms with E-state index in [1.165, 1.54) is 90.6 Å². The zero-order chi connectivity index (χ0) is 29.6. The van der Waals surface area contributed by atoms with Crippen LogP contribution in [0.25, 0.3) is 0 Å². The van der Waals surface area contributed by atoms with Gasteiger partial charge in [-0.25, -0.2) is 0 Å². The van der Waals surface area contributed by atoms with Gasteiger partial charge in [0.1, 0.15) is 4.83 Å². The lowest BCUT2D eigenvalue weighted by Crippen LogP contribution is -2.41. The highest BCUT2D eigenvalue weighted by Crippen LogP contribution is 2.40.